The third kappa shape index (κ3) is 2.94. The van der Waals surface area contributed by atoms with E-state index in [-0.39, 0.29) is 11.4 Å². The Kier molecular flexibility index (Phi) is 4.59. The van der Waals surface area contributed by atoms with Crippen molar-refractivity contribution in [1.82, 2.24) is 0 Å². The second-order valence-corrected chi connectivity index (χ2v) is 9.05. The third-order valence-electron chi connectivity index (χ3n) is 4.50. The molecule has 0 saturated heterocycles. The molecule has 1 atom stereocenters. The van der Waals surface area contributed by atoms with E-state index in [9.17, 15) is 9.36 Å². The van der Waals surface area contributed by atoms with Crippen molar-refractivity contribution in [2.75, 3.05) is 0 Å². The average Bonchev–Trinajstić information content (AvgIpc) is 2.80. The number of carbonyl (C=O) groups is 1. The van der Waals surface area contributed by atoms with Crippen LogP contribution in [-0.4, -0.2) is 11.4 Å². The normalized spacial score (nSPS) is 19.6. The molecule has 2 nitrogen and oxygen atoms in total. The Morgan fingerprint density at radius 3 is 1.91 bits per heavy atom. The smallest absolute Gasteiger partial charge is 0.146 e. The molecule has 0 spiro atoms. The highest BCUT2D eigenvalue weighted by Gasteiger charge is 2.38. The number of ketones is 1. The SMILES string of the molecule is O=C1CCCCC(P(=O)(c2ccccc2)c2ccccc2)C1. The predicted octanol–water partition coefficient (Wildman–Crippen LogP) is 3.90. The topological polar surface area (TPSA) is 34.1 Å². The summed E-state index contributed by atoms with van der Waals surface area (Å²) in [6.07, 6.45) is 3.87. The molecule has 1 aliphatic rings. The molecule has 0 bridgehead atoms. The van der Waals surface area contributed by atoms with E-state index in [1.54, 1.807) is 0 Å². The van der Waals surface area contributed by atoms with E-state index in [1.165, 1.54) is 0 Å². The van der Waals surface area contributed by atoms with Crippen LogP contribution < -0.4 is 10.6 Å². The molecule has 1 aliphatic carbocycles. The average molecular weight is 312 g/mol. The summed E-state index contributed by atoms with van der Waals surface area (Å²) in [6, 6.07) is 19.4. The highest BCUT2D eigenvalue weighted by atomic mass is 31.2. The molecule has 1 fully saturated rings. The summed E-state index contributed by atoms with van der Waals surface area (Å²) in [4.78, 5) is 12.1. The van der Waals surface area contributed by atoms with Crippen LogP contribution in [0.4, 0.5) is 0 Å². The summed E-state index contributed by atoms with van der Waals surface area (Å²) in [6.45, 7) is 0. The van der Waals surface area contributed by atoms with Crippen molar-refractivity contribution >= 4 is 23.5 Å². The molecule has 114 valence electrons. The molecule has 22 heavy (non-hydrogen) atoms. The summed E-state index contributed by atoms with van der Waals surface area (Å²) in [5, 5.41) is 1.75. The Bertz CT molecular complexity index is 636. The maximum absolute atomic E-state index is 14.1. The van der Waals surface area contributed by atoms with Gasteiger partial charge in [0, 0.05) is 29.1 Å². The van der Waals surface area contributed by atoms with E-state index in [0.29, 0.717) is 12.8 Å². The fourth-order valence-corrected chi connectivity index (χ4v) is 6.73. The number of hydrogen-bond acceptors (Lipinski definition) is 2. The lowest BCUT2D eigenvalue weighted by molar-refractivity contribution is -0.118. The van der Waals surface area contributed by atoms with Gasteiger partial charge in [-0.1, -0.05) is 67.1 Å². The van der Waals surface area contributed by atoms with Crippen LogP contribution in [0, 0.1) is 0 Å². The molecule has 1 saturated carbocycles. The first kappa shape index (κ1) is 15.2. The van der Waals surface area contributed by atoms with Gasteiger partial charge < -0.3 is 4.57 Å². The Hall–Kier alpha value is -1.66. The zero-order valence-electron chi connectivity index (χ0n) is 12.7. The molecular weight excluding hydrogens is 291 g/mol. The monoisotopic (exact) mass is 312 g/mol. The van der Waals surface area contributed by atoms with Gasteiger partial charge in [0.1, 0.15) is 12.9 Å². The van der Waals surface area contributed by atoms with E-state index in [1.807, 2.05) is 60.7 Å². The fourth-order valence-electron chi connectivity index (χ4n) is 3.35. The van der Waals surface area contributed by atoms with Crippen molar-refractivity contribution < 1.29 is 9.36 Å². The molecule has 0 amide bonds. The van der Waals surface area contributed by atoms with Gasteiger partial charge >= 0.3 is 0 Å². The molecular formula is C19H21O2P. The standard InChI is InChI=1S/C19H21O2P/c20-16-9-7-8-14-19(15-16)22(21,17-10-3-1-4-11-17)18-12-5-2-6-13-18/h1-6,10-13,19H,7-9,14-15H2. The highest BCUT2D eigenvalue weighted by molar-refractivity contribution is 7.79. The second kappa shape index (κ2) is 6.62. The summed E-state index contributed by atoms with van der Waals surface area (Å²) < 4.78 is 14.1. The summed E-state index contributed by atoms with van der Waals surface area (Å²) in [7, 11) is -2.79. The Morgan fingerprint density at radius 1 is 0.818 bits per heavy atom. The van der Waals surface area contributed by atoms with Crippen molar-refractivity contribution in [1.29, 1.82) is 0 Å². The van der Waals surface area contributed by atoms with Crippen LogP contribution in [0.5, 0.6) is 0 Å². The van der Waals surface area contributed by atoms with Crippen LogP contribution in [0.2, 0.25) is 0 Å². The van der Waals surface area contributed by atoms with Gasteiger partial charge in [0.05, 0.1) is 0 Å². The minimum atomic E-state index is -2.79. The van der Waals surface area contributed by atoms with E-state index in [0.717, 1.165) is 29.9 Å². The number of hydrogen-bond donors (Lipinski definition) is 0. The summed E-state index contributed by atoms with van der Waals surface area (Å²) in [5.41, 5.74) is -0.0627. The Morgan fingerprint density at radius 2 is 1.36 bits per heavy atom. The maximum atomic E-state index is 14.1. The molecule has 0 N–H and O–H groups in total. The van der Waals surface area contributed by atoms with Crippen LogP contribution >= 0.6 is 7.14 Å². The molecule has 2 aromatic carbocycles. The van der Waals surface area contributed by atoms with Crippen LogP contribution in [0.25, 0.3) is 0 Å². The minimum Gasteiger partial charge on any atom is -0.313 e. The van der Waals surface area contributed by atoms with E-state index in [2.05, 4.69) is 0 Å². The van der Waals surface area contributed by atoms with Gasteiger partial charge in [-0.2, -0.15) is 0 Å². The molecule has 0 aromatic heterocycles. The molecule has 0 heterocycles. The minimum absolute atomic E-state index is 0.0627. The first-order valence-electron chi connectivity index (χ1n) is 7.94. The van der Waals surface area contributed by atoms with Crippen molar-refractivity contribution in [3.05, 3.63) is 60.7 Å². The van der Waals surface area contributed by atoms with Gasteiger partial charge in [-0.15, -0.1) is 0 Å². The van der Waals surface area contributed by atoms with Gasteiger partial charge in [0.15, 0.2) is 0 Å². The zero-order valence-corrected chi connectivity index (χ0v) is 13.5. The number of carbonyl (C=O) groups excluding carboxylic acids is 1. The van der Waals surface area contributed by atoms with E-state index in [4.69, 9.17) is 0 Å². The van der Waals surface area contributed by atoms with Crippen molar-refractivity contribution in [2.24, 2.45) is 0 Å². The van der Waals surface area contributed by atoms with Crippen LogP contribution in [-0.2, 0) is 9.36 Å². The first-order chi connectivity index (χ1) is 10.7. The van der Waals surface area contributed by atoms with Gasteiger partial charge in [-0.3, -0.25) is 4.79 Å². The summed E-state index contributed by atoms with van der Waals surface area (Å²) in [5.74, 6) is 0.259. The van der Waals surface area contributed by atoms with Gasteiger partial charge in [-0.05, 0) is 12.8 Å². The maximum Gasteiger partial charge on any atom is 0.146 e. The molecule has 1 unspecified atom stereocenters. The van der Waals surface area contributed by atoms with Gasteiger partial charge in [0.2, 0.25) is 0 Å². The molecule has 0 radical (unpaired) electrons. The molecule has 2 aromatic rings. The van der Waals surface area contributed by atoms with Crippen LogP contribution in [0.3, 0.4) is 0 Å². The molecule has 0 aliphatic heterocycles. The third-order valence-corrected chi connectivity index (χ3v) is 8.10. The first-order valence-corrected chi connectivity index (χ1v) is 9.71. The molecule has 3 rings (SSSR count). The molecule has 3 heteroatoms. The number of rotatable bonds is 3. The largest absolute Gasteiger partial charge is 0.313 e. The Labute approximate surface area is 131 Å². The van der Waals surface area contributed by atoms with Crippen LogP contribution in [0.1, 0.15) is 32.1 Å². The van der Waals surface area contributed by atoms with Crippen LogP contribution in [0.15, 0.2) is 60.7 Å². The lowest BCUT2D eigenvalue weighted by atomic mass is 10.2. The lowest BCUT2D eigenvalue weighted by Gasteiger charge is -2.27. The van der Waals surface area contributed by atoms with E-state index >= 15 is 0 Å². The number of Topliss-reactive ketones (excluding diaryl/α,β-unsaturated/α-hetero) is 1. The predicted molar refractivity (Wildman–Crippen MR) is 91.6 cm³/mol. The van der Waals surface area contributed by atoms with Crippen molar-refractivity contribution in [3.8, 4) is 0 Å². The van der Waals surface area contributed by atoms with Crippen molar-refractivity contribution in [3.63, 3.8) is 0 Å². The zero-order chi connectivity index (χ0) is 15.4. The van der Waals surface area contributed by atoms with Gasteiger partial charge in [-0.25, -0.2) is 0 Å². The lowest BCUT2D eigenvalue weighted by Crippen LogP contribution is -2.27. The quantitative estimate of drug-likeness (QED) is 0.636. The van der Waals surface area contributed by atoms with Crippen molar-refractivity contribution in [2.45, 2.75) is 37.8 Å². The second-order valence-electron chi connectivity index (χ2n) is 5.97. The highest BCUT2D eigenvalue weighted by Crippen LogP contribution is 2.52. The summed E-state index contributed by atoms with van der Waals surface area (Å²) >= 11 is 0. The van der Waals surface area contributed by atoms with E-state index < -0.39 is 7.14 Å². The fraction of sp³-hybridized carbons (Fsp3) is 0.316. The van der Waals surface area contributed by atoms with Gasteiger partial charge in [0.25, 0.3) is 0 Å². The Balaban J connectivity index is 2.11. The number of benzene rings is 2.